The number of carbonyl (C=O) groups is 2. The van der Waals surface area contributed by atoms with E-state index < -0.39 is 5.54 Å². The second kappa shape index (κ2) is 11.1. The van der Waals surface area contributed by atoms with Crippen molar-refractivity contribution < 1.29 is 9.59 Å². The lowest BCUT2D eigenvalue weighted by Crippen LogP contribution is -2.59. The van der Waals surface area contributed by atoms with E-state index in [4.69, 9.17) is 23.2 Å². The summed E-state index contributed by atoms with van der Waals surface area (Å²) in [6, 6.07) is 13.7. The van der Waals surface area contributed by atoms with Gasteiger partial charge in [0.25, 0.3) is 0 Å². The van der Waals surface area contributed by atoms with Gasteiger partial charge in [0.15, 0.2) is 0 Å². The van der Waals surface area contributed by atoms with Gasteiger partial charge in [-0.25, -0.2) is 0 Å². The Morgan fingerprint density at radius 3 is 2.36 bits per heavy atom. The van der Waals surface area contributed by atoms with Gasteiger partial charge in [0.2, 0.25) is 11.8 Å². The summed E-state index contributed by atoms with van der Waals surface area (Å²) in [5.41, 5.74) is 1.56. The topological polar surface area (TPSA) is 61.4 Å². The lowest BCUT2D eigenvalue weighted by molar-refractivity contribution is -0.135. The average molecular weight is 529 g/mol. The zero-order chi connectivity index (χ0) is 25.1. The van der Waals surface area contributed by atoms with Crippen LogP contribution in [0.25, 0.3) is 0 Å². The summed E-state index contributed by atoms with van der Waals surface area (Å²) in [5.74, 6) is -0.0931. The summed E-state index contributed by atoms with van der Waals surface area (Å²) in [6.45, 7) is 0.192. The summed E-state index contributed by atoms with van der Waals surface area (Å²) in [6.07, 6.45) is 11.4. The van der Waals surface area contributed by atoms with Crippen molar-refractivity contribution in [3.63, 3.8) is 0 Å². The van der Waals surface area contributed by atoms with Crippen molar-refractivity contribution in [2.24, 2.45) is 0 Å². The van der Waals surface area contributed by atoms with Crippen LogP contribution in [0.4, 0.5) is 5.69 Å². The molecule has 1 atom stereocenters. The van der Waals surface area contributed by atoms with Gasteiger partial charge in [-0.3, -0.25) is 14.5 Å². The molecule has 7 heteroatoms. The summed E-state index contributed by atoms with van der Waals surface area (Å²) in [7, 11) is 0. The average Bonchev–Trinajstić information content (AvgIpc) is 3.33. The quantitative estimate of drug-likeness (QED) is 0.405. The predicted octanol–water partition coefficient (Wildman–Crippen LogP) is 6.47. The van der Waals surface area contributed by atoms with Gasteiger partial charge >= 0.3 is 0 Å². The first-order valence-electron chi connectivity index (χ1n) is 13.4. The van der Waals surface area contributed by atoms with E-state index in [9.17, 15) is 9.59 Å². The number of fused-ring (bicyclic) bond motifs is 1. The molecule has 5 nitrogen and oxygen atoms in total. The van der Waals surface area contributed by atoms with Crippen LogP contribution in [0, 0.1) is 0 Å². The van der Waals surface area contributed by atoms with E-state index >= 15 is 0 Å². The maximum absolute atomic E-state index is 14.1. The molecule has 1 heterocycles. The van der Waals surface area contributed by atoms with E-state index in [0.717, 1.165) is 68.2 Å². The third kappa shape index (κ3) is 5.29. The molecule has 3 aliphatic rings. The zero-order valence-corrected chi connectivity index (χ0v) is 22.2. The highest BCUT2D eigenvalue weighted by atomic mass is 35.5. The Morgan fingerprint density at radius 1 is 0.944 bits per heavy atom. The number of amides is 2. The molecule has 5 rings (SSSR count). The second-order valence-electron chi connectivity index (χ2n) is 10.6. The Balaban J connectivity index is 1.59. The van der Waals surface area contributed by atoms with Crippen LogP contribution in [0.3, 0.4) is 0 Å². The normalized spacial score (nSPS) is 22.9. The molecule has 36 heavy (non-hydrogen) atoms. The molecule has 2 fully saturated rings. The second-order valence-corrected chi connectivity index (χ2v) is 11.5. The Morgan fingerprint density at radius 2 is 1.64 bits per heavy atom. The SMILES string of the molecule is O=C(CN(C1CCCCCC1)C1(Cc2cccc(Cl)c2)C(=O)Nc2cc(Cl)ccc21)NC1CCCC1. The first-order valence-corrected chi connectivity index (χ1v) is 14.1. The van der Waals surface area contributed by atoms with Crippen LogP contribution in [-0.4, -0.2) is 35.3 Å². The zero-order valence-electron chi connectivity index (χ0n) is 20.7. The first-order chi connectivity index (χ1) is 17.5. The Hall–Kier alpha value is -2.08. The van der Waals surface area contributed by atoms with Crippen molar-refractivity contribution in [2.75, 3.05) is 11.9 Å². The maximum Gasteiger partial charge on any atom is 0.249 e. The van der Waals surface area contributed by atoms with Gasteiger partial charge in [0.05, 0.1) is 6.54 Å². The summed E-state index contributed by atoms with van der Waals surface area (Å²) in [4.78, 5) is 29.8. The van der Waals surface area contributed by atoms with Crippen molar-refractivity contribution in [2.45, 2.75) is 88.3 Å². The fourth-order valence-corrected chi connectivity index (χ4v) is 6.86. The number of nitrogens with zero attached hydrogens (tertiary/aromatic N) is 1. The molecule has 2 saturated carbocycles. The third-order valence-electron chi connectivity index (χ3n) is 8.19. The van der Waals surface area contributed by atoms with Gasteiger partial charge < -0.3 is 10.6 Å². The molecule has 0 spiro atoms. The number of nitrogens with one attached hydrogen (secondary N) is 2. The van der Waals surface area contributed by atoms with Gasteiger partial charge in [-0.2, -0.15) is 0 Å². The van der Waals surface area contributed by atoms with Crippen LogP contribution in [0.15, 0.2) is 42.5 Å². The maximum atomic E-state index is 14.1. The van der Waals surface area contributed by atoms with E-state index in [-0.39, 0.29) is 30.4 Å². The number of hydrogen-bond acceptors (Lipinski definition) is 3. The van der Waals surface area contributed by atoms with Gasteiger partial charge in [-0.05, 0) is 55.5 Å². The summed E-state index contributed by atoms with van der Waals surface area (Å²) < 4.78 is 0. The van der Waals surface area contributed by atoms with E-state index in [1.165, 1.54) is 12.8 Å². The molecule has 192 valence electrons. The van der Waals surface area contributed by atoms with Crippen LogP contribution < -0.4 is 10.6 Å². The van der Waals surface area contributed by atoms with Crippen molar-refractivity contribution >= 4 is 40.7 Å². The molecule has 2 aromatic carbocycles. The lowest BCUT2D eigenvalue weighted by Gasteiger charge is -2.44. The number of carbonyl (C=O) groups excluding carboxylic acids is 2. The molecule has 2 amide bonds. The van der Waals surface area contributed by atoms with E-state index in [0.29, 0.717) is 16.5 Å². The number of anilines is 1. The molecule has 1 aliphatic heterocycles. The molecule has 2 N–H and O–H groups in total. The van der Waals surface area contributed by atoms with Crippen LogP contribution in [0.2, 0.25) is 10.0 Å². The number of halogens is 2. The minimum atomic E-state index is -1.02. The van der Waals surface area contributed by atoms with E-state index in [1.54, 1.807) is 0 Å². The Kier molecular flexibility index (Phi) is 7.90. The molecular formula is C29H35Cl2N3O2. The monoisotopic (exact) mass is 527 g/mol. The molecule has 2 aliphatic carbocycles. The highest BCUT2D eigenvalue weighted by molar-refractivity contribution is 6.31. The minimum absolute atomic E-state index is 0.00632. The summed E-state index contributed by atoms with van der Waals surface area (Å²) in [5, 5.41) is 7.60. The standard InChI is InChI=1S/C29H35Cl2N3O2/c30-21-9-7-8-20(16-21)18-29(25-15-14-22(31)17-26(25)33-28(29)36)34(24-12-3-1-2-4-13-24)19-27(35)32-23-10-5-6-11-23/h7-9,14-17,23-24H,1-6,10-13,18-19H2,(H,32,35)(H,33,36). The lowest BCUT2D eigenvalue weighted by atomic mass is 9.81. The van der Waals surface area contributed by atoms with Crippen LogP contribution >= 0.6 is 23.2 Å². The molecule has 0 saturated heterocycles. The van der Waals surface area contributed by atoms with Gasteiger partial charge in [-0.1, -0.05) is 79.9 Å². The van der Waals surface area contributed by atoms with E-state index in [1.807, 2.05) is 42.5 Å². The third-order valence-corrected chi connectivity index (χ3v) is 8.66. The smallest absolute Gasteiger partial charge is 0.249 e. The minimum Gasteiger partial charge on any atom is -0.352 e. The number of hydrogen-bond donors (Lipinski definition) is 2. The highest BCUT2D eigenvalue weighted by Crippen LogP contribution is 2.46. The molecule has 0 bridgehead atoms. The molecule has 0 radical (unpaired) electrons. The van der Waals surface area contributed by atoms with Crippen molar-refractivity contribution in [3.05, 3.63) is 63.6 Å². The first kappa shape index (κ1) is 25.6. The Bertz CT molecular complexity index is 1110. The fourth-order valence-electron chi connectivity index (χ4n) is 6.48. The molecular weight excluding hydrogens is 493 g/mol. The summed E-state index contributed by atoms with van der Waals surface area (Å²) >= 11 is 12.7. The largest absolute Gasteiger partial charge is 0.352 e. The van der Waals surface area contributed by atoms with Crippen LogP contribution in [0.1, 0.15) is 75.3 Å². The van der Waals surface area contributed by atoms with Gasteiger partial charge in [0, 0.05) is 39.8 Å². The van der Waals surface area contributed by atoms with Gasteiger partial charge in [-0.15, -0.1) is 0 Å². The van der Waals surface area contributed by atoms with Crippen molar-refractivity contribution in [1.82, 2.24) is 10.2 Å². The van der Waals surface area contributed by atoms with Crippen LogP contribution in [0.5, 0.6) is 0 Å². The van der Waals surface area contributed by atoms with Gasteiger partial charge in [0.1, 0.15) is 5.54 Å². The molecule has 1 unspecified atom stereocenters. The molecule has 0 aromatic heterocycles. The molecule has 2 aromatic rings. The number of rotatable bonds is 7. The highest BCUT2D eigenvalue weighted by Gasteiger charge is 2.53. The van der Waals surface area contributed by atoms with Crippen LogP contribution in [-0.2, 0) is 21.5 Å². The van der Waals surface area contributed by atoms with Crippen molar-refractivity contribution in [3.8, 4) is 0 Å². The van der Waals surface area contributed by atoms with E-state index in [2.05, 4.69) is 15.5 Å². The Labute approximate surface area is 223 Å². The predicted molar refractivity (Wildman–Crippen MR) is 146 cm³/mol. The fraction of sp³-hybridized carbons (Fsp3) is 0.517. The van der Waals surface area contributed by atoms with Crippen molar-refractivity contribution in [1.29, 1.82) is 0 Å². The number of benzene rings is 2.